The standard InChI is InChI=1S/C20H31NO4/c1-14(2)6-4-5-7-19(23)25-20-17(21-13-18(20)22)12-15-8-10-16(24-3)11-9-15/h8-11,14,17-18,20-22H,4-7,12-13H2,1-3H3/t17-,18+,20+/m1/s1. The zero-order valence-corrected chi connectivity index (χ0v) is 15.5. The van der Waals surface area contributed by atoms with Crippen LogP contribution in [0.3, 0.4) is 0 Å². The van der Waals surface area contributed by atoms with Gasteiger partial charge < -0.3 is 19.9 Å². The van der Waals surface area contributed by atoms with E-state index in [1.807, 2.05) is 24.3 Å². The van der Waals surface area contributed by atoms with E-state index in [0.29, 0.717) is 25.3 Å². The van der Waals surface area contributed by atoms with Gasteiger partial charge in [-0.15, -0.1) is 0 Å². The summed E-state index contributed by atoms with van der Waals surface area (Å²) < 4.78 is 10.8. The van der Waals surface area contributed by atoms with Gasteiger partial charge in [-0.3, -0.25) is 4.79 Å². The summed E-state index contributed by atoms with van der Waals surface area (Å²) in [6, 6.07) is 7.75. The van der Waals surface area contributed by atoms with Gasteiger partial charge in [-0.2, -0.15) is 0 Å². The van der Waals surface area contributed by atoms with Crippen LogP contribution in [0.5, 0.6) is 5.75 Å². The molecule has 2 N–H and O–H groups in total. The number of nitrogens with one attached hydrogen (secondary N) is 1. The van der Waals surface area contributed by atoms with Crippen LogP contribution in [0.1, 0.15) is 45.1 Å². The Bertz CT molecular complexity index is 529. The van der Waals surface area contributed by atoms with E-state index in [4.69, 9.17) is 9.47 Å². The van der Waals surface area contributed by atoms with Crippen LogP contribution in [0, 0.1) is 5.92 Å². The summed E-state index contributed by atoms with van der Waals surface area (Å²) in [5.41, 5.74) is 1.12. The first-order valence-electron chi connectivity index (χ1n) is 9.23. The number of hydrogen-bond donors (Lipinski definition) is 2. The molecule has 0 spiro atoms. The van der Waals surface area contributed by atoms with E-state index in [1.54, 1.807) is 7.11 Å². The summed E-state index contributed by atoms with van der Waals surface area (Å²) >= 11 is 0. The predicted molar refractivity (Wildman–Crippen MR) is 97.7 cm³/mol. The summed E-state index contributed by atoms with van der Waals surface area (Å²) in [5.74, 6) is 1.26. The fraction of sp³-hybridized carbons (Fsp3) is 0.650. The zero-order chi connectivity index (χ0) is 18.2. The molecule has 0 radical (unpaired) electrons. The van der Waals surface area contributed by atoms with Crippen LogP contribution in [0.4, 0.5) is 0 Å². The molecular formula is C20H31NO4. The molecule has 1 aliphatic rings. The molecule has 25 heavy (non-hydrogen) atoms. The van der Waals surface area contributed by atoms with Crippen LogP contribution in [0.15, 0.2) is 24.3 Å². The third kappa shape index (κ3) is 6.33. The Morgan fingerprint density at radius 1 is 1.28 bits per heavy atom. The van der Waals surface area contributed by atoms with E-state index in [-0.39, 0.29) is 12.0 Å². The third-order valence-corrected chi connectivity index (χ3v) is 4.66. The monoisotopic (exact) mass is 349 g/mol. The molecule has 0 amide bonds. The number of methoxy groups -OCH3 is 1. The van der Waals surface area contributed by atoms with Crippen LogP contribution in [-0.4, -0.2) is 43.0 Å². The number of hydrogen-bond acceptors (Lipinski definition) is 5. The fourth-order valence-electron chi connectivity index (χ4n) is 3.17. The van der Waals surface area contributed by atoms with Crippen molar-refractivity contribution in [3.05, 3.63) is 29.8 Å². The molecule has 5 nitrogen and oxygen atoms in total. The van der Waals surface area contributed by atoms with E-state index in [9.17, 15) is 9.90 Å². The number of benzene rings is 1. The third-order valence-electron chi connectivity index (χ3n) is 4.66. The highest BCUT2D eigenvalue weighted by Crippen LogP contribution is 2.20. The Labute approximate surface area is 150 Å². The first-order chi connectivity index (χ1) is 12.0. The molecule has 3 atom stereocenters. The van der Waals surface area contributed by atoms with Crippen molar-refractivity contribution < 1.29 is 19.4 Å². The molecule has 5 heteroatoms. The van der Waals surface area contributed by atoms with Gasteiger partial charge in [0.05, 0.1) is 13.2 Å². The number of rotatable bonds is 9. The number of carbonyl (C=O) groups excluding carboxylic acids is 1. The Morgan fingerprint density at radius 2 is 2.00 bits per heavy atom. The summed E-state index contributed by atoms with van der Waals surface area (Å²) in [4.78, 5) is 12.1. The molecule has 1 saturated heterocycles. The van der Waals surface area contributed by atoms with Gasteiger partial charge in [-0.25, -0.2) is 0 Å². The predicted octanol–water partition coefficient (Wildman–Crippen LogP) is 2.70. The van der Waals surface area contributed by atoms with Gasteiger partial charge in [0.2, 0.25) is 0 Å². The number of esters is 1. The average molecular weight is 349 g/mol. The molecule has 1 aromatic rings. The van der Waals surface area contributed by atoms with Gasteiger partial charge in [-0.05, 0) is 36.5 Å². The molecule has 1 fully saturated rings. The zero-order valence-electron chi connectivity index (χ0n) is 15.5. The van der Waals surface area contributed by atoms with Gasteiger partial charge in [0.15, 0.2) is 0 Å². The van der Waals surface area contributed by atoms with Gasteiger partial charge >= 0.3 is 5.97 Å². The minimum Gasteiger partial charge on any atom is -0.497 e. The maximum absolute atomic E-state index is 12.1. The summed E-state index contributed by atoms with van der Waals surface area (Å²) in [7, 11) is 1.64. The first-order valence-corrected chi connectivity index (χ1v) is 9.23. The Balaban J connectivity index is 1.83. The van der Waals surface area contributed by atoms with Crippen molar-refractivity contribution in [1.29, 1.82) is 0 Å². The lowest BCUT2D eigenvalue weighted by atomic mass is 10.0. The number of unbranched alkanes of at least 4 members (excludes halogenated alkanes) is 1. The maximum atomic E-state index is 12.1. The van der Waals surface area contributed by atoms with Gasteiger partial charge in [-0.1, -0.05) is 38.8 Å². The lowest BCUT2D eigenvalue weighted by Crippen LogP contribution is -2.38. The molecule has 0 saturated carbocycles. The lowest BCUT2D eigenvalue weighted by molar-refractivity contribution is -0.154. The topological polar surface area (TPSA) is 67.8 Å². The second-order valence-corrected chi connectivity index (χ2v) is 7.23. The second kappa shape index (κ2) is 9.78. The minimum absolute atomic E-state index is 0.0667. The van der Waals surface area contributed by atoms with Crippen LogP contribution in [0.25, 0.3) is 0 Å². The highest BCUT2D eigenvalue weighted by atomic mass is 16.6. The summed E-state index contributed by atoms with van der Waals surface area (Å²) in [6.07, 6.45) is 2.99. The lowest BCUT2D eigenvalue weighted by Gasteiger charge is -2.22. The van der Waals surface area contributed by atoms with Crippen LogP contribution in [0.2, 0.25) is 0 Å². The van der Waals surface area contributed by atoms with Crippen LogP contribution >= 0.6 is 0 Å². The molecule has 0 aliphatic carbocycles. The molecule has 0 unspecified atom stereocenters. The molecule has 1 aromatic carbocycles. The first kappa shape index (κ1) is 19.7. The molecular weight excluding hydrogens is 318 g/mol. The molecule has 1 heterocycles. The number of β-amino-alcohol motifs (C(OH)–C–C–N with tert-alkyl or cyclic N) is 1. The van der Waals surface area contributed by atoms with Crippen molar-refractivity contribution in [1.82, 2.24) is 5.32 Å². The second-order valence-electron chi connectivity index (χ2n) is 7.23. The molecule has 0 bridgehead atoms. The largest absolute Gasteiger partial charge is 0.497 e. The van der Waals surface area contributed by atoms with Crippen molar-refractivity contribution in [2.75, 3.05) is 13.7 Å². The van der Waals surface area contributed by atoms with E-state index < -0.39 is 12.2 Å². The SMILES string of the molecule is COc1ccc(C[C@H]2NC[C@H](O)[C@H]2OC(=O)CCCCC(C)C)cc1. The maximum Gasteiger partial charge on any atom is 0.306 e. The van der Waals surface area contributed by atoms with Crippen LogP contribution < -0.4 is 10.1 Å². The van der Waals surface area contributed by atoms with Gasteiger partial charge in [0.25, 0.3) is 0 Å². The van der Waals surface area contributed by atoms with Crippen molar-refractivity contribution in [2.24, 2.45) is 5.92 Å². The number of aliphatic hydroxyl groups excluding tert-OH is 1. The van der Waals surface area contributed by atoms with Crippen molar-refractivity contribution in [2.45, 2.75) is 64.2 Å². The average Bonchev–Trinajstić information content (AvgIpc) is 2.92. The Hall–Kier alpha value is -1.59. The minimum atomic E-state index is -0.650. The number of aliphatic hydroxyl groups is 1. The van der Waals surface area contributed by atoms with Gasteiger partial charge in [0, 0.05) is 13.0 Å². The molecule has 140 valence electrons. The Kier molecular flexibility index (Phi) is 7.72. The van der Waals surface area contributed by atoms with E-state index in [2.05, 4.69) is 19.2 Å². The highest BCUT2D eigenvalue weighted by molar-refractivity contribution is 5.69. The van der Waals surface area contributed by atoms with Crippen LogP contribution in [-0.2, 0) is 16.0 Å². The summed E-state index contributed by atoms with van der Waals surface area (Å²) in [5, 5.41) is 13.4. The fourth-order valence-corrected chi connectivity index (χ4v) is 3.17. The van der Waals surface area contributed by atoms with Crippen molar-refractivity contribution in [3.8, 4) is 5.75 Å². The number of carbonyl (C=O) groups is 1. The van der Waals surface area contributed by atoms with Gasteiger partial charge in [0.1, 0.15) is 18.0 Å². The quantitative estimate of drug-likeness (QED) is 0.530. The van der Waals surface area contributed by atoms with Crippen molar-refractivity contribution in [3.63, 3.8) is 0 Å². The van der Waals surface area contributed by atoms with E-state index >= 15 is 0 Å². The Morgan fingerprint density at radius 3 is 2.64 bits per heavy atom. The normalized spacial score (nSPS) is 23.0. The molecule has 2 rings (SSSR count). The van der Waals surface area contributed by atoms with Crippen molar-refractivity contribution >= 4 is 5.97 Å². The van der Waals surface area contributed by atoms with E-state index in [1.165, 1.54) is 0 Å². The molecule has 1 aliphatic heterocycles. The smallest absolute Gasteiger partial charge is 0.306 e. The molecule has 0 aromatic heterocycles. The number of ether oxygens (including phenoxy) is 2. The van der Waals surface area contributed by atoms with E-state index in [0.717, 1.165) is 30.6 Å². The summed E-state index contributed by atoms with van der Waals surface area (Å²) in [6.45, 7) is 4.82. The highest BCUT2D eigenvalue weighted by Gasteiger charge is 2.37.